The maximum Gasteiger partial charge on any atom is 0.330 e. The van der Waals surface area contributed by atoms with E-state index in [9.17, 15) is 14.4 Å². The molecule has 0 radical (unpaired) electrons. The van der Waals surface area contributed by atoms with Crippen LogP contribution >= 0.6 is 0 Å². The fraction of sp³-hybridized carbons (Fsp3) is 0.767. The van der Waals surface area contributed by atoms with E-state index in [1.54, 1.807) is 6.08 Å². The highest BCUT2D eigenvalue weighted by Crippen LogP contribution is 2.67. The summed E-state index contributed by atoms with van der Waals surface area (Å²) in [6.07, 6.45) is 12.6. The molecule has 0 heterocycles. The van der Waals surface area contributed by atoms with E-state index >= 15 is 0 Å². The Balaban J connectivity index is 1.62. The Morgan fingerprint density at radius 1 is 1.08 bits per heavy atom. The van der Waals surface area contributed by atoms with E-state index in [-0.39, 0.29) is 46.9 Å². The third-order valence-electron chi connectivity index (χ3n) is 10.3. The normalized spacial score (nSPS) is 40.3. The summed E-state index contributed by atoms with van der Waals surface area (Å²) in [7, 11) is 0. The molecule has 3 fully saturated rings. The molecule has 3 saturated carbocycles. The second-order valence-electron chi connectivity index (χ2n) is 12.1. The summed E-state index contributed by atoms with van der Waals surface area (Å²) in [5.41, 5.74) is 1.33. The number of carbonyl (C=O) groups is 3. The van der Waals surface area contributed by atoms with E-state index in [1.165, 1.54) is 19.4 Å². The quantitative estimate of drug-likeness (QED) is 0.199. The van der Waals surface area contributed by atoms with Gasteiger partial charge in [-0.25, -0.2) is 4.79 Å². The van der Waals surface area contributed by atoms with Crippen molar-refractivity contribution in [2.45, 2.75) is 98.7 Å². The first-order valence-corrected chi connectivity index (χ1v) is 13.9. The lowest BCUT2D eigenvalue weighted by Gasteiger charge is -2.60. The van der Waals surface area contributed by atoms with Gasteiger partial charge in [0.05, 0.1) is 6.61 Å². The van der Waals surface area contributed by atoms with E-state index < -0.39 is 0 Å². The summed E-state index contributed by atoms with van der Waals surface area (Å²) in [5.74, 6) is 1.25. The number of ether oxygens (including phenoxy) is 3. The smallest absolute Gasteiger partial charge is 0.330 e. The Bertz CT molecular complexity index is 936. The Morgan fingerprint density at radius 2 is 1.81 bits per heavy atom. The molecule has 9 atom stereocenters. The molecule has 0 amide bonds. The minimum atomic E-state index is -0.300. The Hall–Kier alpha value is -2.11. The molecule has 200 valence electrons. The van der Waals surface area contributed by atoms with Crippen LogP contribution in [0.4, 0.5) is 0 Å². The molecule has 0 N–H and O–H groups in total. The molecule has 6 heteroatoms. The highest BCUT2D eigenvalue weighted by Gasteiger charge is 2.64. The molecule has 36 heavy (non-hydrogen) atoms. The van der Waals surface area contributed by atoms with Gasteiger partial charge in [-0.2, -0.15) is 0 Å². The first kappa shape index (κ1) is 26.9. The molecule has 0 bridgehead atoms. The van der Waals surface area contributed by atoms with Gasteiger partial charge >= 0.3 is 17.9 Å². The largest absolute Gasteiger partial charge is 0.463 e. The van der Waals surface area contributed by atoms with Crippen LogP contribution in [0, 0.1) is 40.4 Å². The Labute approximate surface area is 216 Å². The van der Waals surface area contributed by atoms with Gasteiger partial charge in [0.1, 0.15) is 12.2 Å². The SMILES string of the molecule is CCOC(=O)/C=C/[C@@H](C)C1CC[C@H]2[C@@H]3CC=C4C[C@@H](OC(C)=O)CC[C@]4(C)[C@H]3C[C@@H](OC(C)=O)[C@]12C. The van der Waals surface area contributed by atoms with Crippen LogP contribution in [0.15, 0.2) is 23.8 Å². The van der Waals surface area contributed by atoms with Gasteiger partial charge in [0.15, 0.2) is 0 Å². The molecule has 0 aliphatic heterocycles. The lowest BCUT2D eigenvalue weighted by Crippen LogP contribution is -2.57. The van der Waals surface area contributed by atoms with Crippen LogP contribution in [-0.2, 0) is 28.6 Å². The number of rotatable bonds is 6. The third-order valence-corrected chi connectivity index (χ3v) is 10.3. The number of carbonyl (C=O) groups excluding carboxylic acids is 3. The van der Waals surface area contributed by atoms with Crippen molar-refractivity contribution in [1.29, 1.82) is 0 Å². The van der Waals surface area contributed by atoms with E-state index in [4.69, 9.17) is 14.2 Å². The van der Waals surface area contributed by atoms with Gasteiger partial charge in [0, 0.05) is 31.8 Å². The summed E-state index contributed by atoms with van der Waals surface area (Å²) in [6, 6.07) is 0. The molecule has 0 saturated heterocycles. The van der Waals surface area contributed by atoms with Crippen molar-refractivity contribution in [3.8, 4) is 0 Å². The van der Waals surface area contributed by atoms with Crippen molar-refractivity contribution >= 4 is 17.9 Å². The molecule has 0 aromatic rings. The van der Waals surface area contributed by atoms with Crippen LogP contribution in [0.1, 0.15) is 86.5 Å². The zero-order valence-electron chi connectivity index (χ0n) is 22.9. The van der Waals surface area contributed by atoms with Gasteiger partial charge in [-0.3, -0.25) is 9.59 Å². The van der Waals surface area contributed by atoms with Crippen molar-refractivity contribution in [3.05, 3.63) is 23.8 Å². The maximum absolute atomic E-state index is 12.3. The molecule has 1 unspecified atom stereocenters. The van der Waals surface area contributed by atoms with Gasteiger partial charge < -0.3 is 14.2 Å². The molecule has 0 spiro atoms. The number of hydrogen-bond donors (Lipinski definition) is 0. The molecule has 4 rings (SSSR count). The monoisotopic (exact) mass is 500 g/mol. The van der Waals surface area contributed by atoms with Crippen molar-refractivity contribution < 1.29 is 28.6 Å². The third kappa shape index (κ3) is 4.77. The first-order chi connectivity index (χ1) is 17.0. The van der Waals surface area contributed by atoms with Crippen molar-refractivity contribution in [2.24, 2.45) is 40.4 Å². The molecule has 4 aliphatic carbocycles. The molecule has 6 nitrogen and oxygen atoms in total. The lowest BCUT2D eigenvalue weighted by molar-refractivity contribution is -0.179. The fourth-order valence-corrected chi connectivity index (χ4v) is 8.73. The average molecular weight is 501 g/mol. The summed E-state index contributed by atoms with van der Waals surface area (Å²) < 4.78 is 16.8. The molecular formula is C30H44O6. The standard InChI is InChI=1S/C30H44O6/c1-7-34-28(33)13-8-18(2)24-11-12-25-23-10-9-21-16-22(35-19(3)31)14-15-29(21,5)26(23)17-27(30(24,25)6)36-20(4)32/h8-9,13,18,22-27H,7,10-12,14-17H2,1-6H3/b13-8+/t18-,22+,23+,24?,25+,26+,27-,29+,30-/m1/s1. The fourth-order valence-electron chi connectivity index (χ4n) is 8.73. The maximum atomic E-state index is 12.3. The van der Waals surface area contributed by atoms with Crippen LogP contribution in [0.5, 0.6) is 0 Å². The summed E-state index contributed by atoms with van der Waals surface area (Å²) in [5, 5.41) is 0. The second kappa shape index (κ2) is 10.3. The second-order valence-corrected chi connectivity index (χ2v) is 12.1. The van der Waals surface area contributed by atoms with Crippen LogP contribution in [0.25, 0.3) is 0 Å². The zero-order valence-corrected chi connectivity index (χ0v) is 22.9. The number of fused-ring (bicyclic) bond motifs is 5. The lowest BCUT2D eigenvalue weighted by atomic mass is 9.46. The van der Waals surface area contributed by atoms with Crippen molar-refractivity contribution in [1.82, 2.24) is 0 Å². The number of hydrogen-bond acceptors (Lipinski definition) is 6. The van der Waals surface area contributed by atoms with E-state index in [1.807, 2.05) is 13.0 Å². The highest BCUT2D eigenvalue weighted by molar-refractivity contribution is 5.81. The summed E-state index contributed by atoms with van der Waals surface area (Å²) in [6.45, 7) is 12.1. The topological polar surface area (TPSA) is 78.9 Å². The van der Waals surface area contributed by atoms with Crippen LogP contribution in [0.3, 0.4) is 0 Å². The minimum absolute atomic E-state index is 0.0283. The van der Waals surface area contributed by atoms with Crippen LogP contribution < -0.4 is 0 Å². The zero-order chi connectivity index (χ0) is 26.3. The summed E-state index contributed by atoms with van der Waals surface area (Å²) >= 11 is 0. The number of allylic oxidation sites excluding steroid dienone is 2. The Kier molecular flexibility index (Phi) is 7.73. The van der Waals surface area contributed by atoms with Gasteiger partial charge in [0.2, 0.25) is 0 Å². The van der Waals surface area contributed by atoms with Crippen LogP contribution in [-0.4, -0.2) is 36.7 Å². The number of esters is 3. The summed E-state index contributed by atoms with van der Waals surface area (Å²) in [4.78, 5) is 35.8. The van der Waals surface area contributed by atoms with E-state index in [2.05, 4.69) is 26.8 Å². The highest BCUT2D eigenvalue weighted by atomic mass is 16.5. The molecular weight excluding hydrogens is 456 g/mol. The van der Waals surface area contributed by atoms with E-state index in [0.29, 0.717) is 30.3 Å². The van der Waals surface area contributed by atoms with Gasteiger partial charge in [0.25, 0.3) is 0 Å². The Morgan fingerprint density at radius 3 is 2.47 bits per heavy atom. The predicted octanol–water partition coefficient (Wildman–Crippen LogP) is 5.79. The van der Waals surface area contributed by atoms with Crippen LogP contribution in [0.2, 0.25) is 0 Å². The van der Waals surface area contributed by atoms with Gasteiger partial charge in [-0.05, 0) is 80.5 Å². The van der Waals surface area contributed by atoms with E-state index in [0.717, 1.165) is 44.9 Å². The van der Waals surface area contributed by atoms with Gasteiger partial charge in [-0.15, -0.1) is 0 Å². The predicted molar refractivity (Wildman–Crippen MR) is 137 cm³/mol. The molecule has 0 aromatic carbocycles. The van der Waals surface area contributed by atoms with Crippen molar-refractivity contribution in [2.75, 3.05) is 6.61 Å². The first-order valence-electron chi connectivity index (χ1n) is 13.9. The average Bonchev–Trinajstić information content (AvgIpc) is 3.16. The molecule has 4 aliphatic rings. The van der Waals surface area contributed by atoms with Gasteiger partial charge in [-0.1, -0.05) is 38.5 Å². The van der Waals surface area contributed by atoms with Crippen molar-refractivity contribution in [3.63, 3.8) is 0 Å². The minimum Gasteiger partial charge on any atom is -0.463 e. The molecule has 0 aromatic heterocycles.